The van der Waals surface area contributed by atoms with Crippen molar-refractivity contribution in [2.75, 3.05) is 18.4 Å². The molecule has 4 rings (SSSR count). The van der Waals surface area contributed by atoms with E-state index < -0.39 is 15.9 Å². The van der Waals surface area contributed by atoms with E-state index >= 15 is 0 Å². The number of H-pyrrole nitrogens is 1. The maximum Gasteiger partial charge on any atom is 0.258 e. The van der Waals surface area contributed by atoms with Crippen LogP contribution in [-0.2, 0) is 10.0 Å². The Balaban J connectivity index is 1.51. The highest BCUT2D eigenvalue weighted by Gasteiger charge is 2.32. The third kappa shape index (κ3) is 4.73. The maximum atomic E-state index is 13.2. The lowest BCUT2D eigenvalue weighted by Crippen LogP contribution is -2.42. The van der Waals surface area contributed by atoms with Gasteiger partial charge in [0, 0.05) is 24.2 Å². The largest absolute Gasteiger partial charge is 0.289 e. The number of nitrogens with one attached hydrogen (secondary N) is 2. The number of aromatic nitrogens is 3. The maximum absolute atomic E-state index is 13.2. The first kappa shape index (κ1) is 22.2. The van der Waals surface area contributed by atoms with Gasteiger partial charge in [-0.05, 0) is 43.4 Å². The van der Waals surface area contributed by atoms with Gasteiger partial charge in [-0.3, -0.25) is 15.2 Å². The van der Waals surface area contributed by atoms with Crippen LogP contribution in [0.1, 0.15) is 36.2 Å². The van der Waals surface area contributed by atoms with Gasteiger partial charge in [0.1, 0.15) is 0 Å². The van der Waals surface area contributed by atoms with Crippen molar-refractivity contribution < 1.29 is 13.2 Å². The Morgan fingerprint density at radius 1 is 1.09 bits per heavy atom. The highest BCUT2D eigenvalue weighted by molar-refractivity contribution is 7.89. The summed E-state index contributed by atoms with van der Waals surface area (Å²) in [5.41, 5.74) is 2.21. The molecule has 1 aromatic heterocycles. The number of benzene rings is 2. The van der Waals surface area contributed by atoms with Crippen molar-refractivity contribution in [2.24, 2.45) is 11.8 Å². The number of anilines is 1. The van der Waals surface area contributed by atoms with Crippen molar-refractivity contribution in [1.82, 2.24) is 19.5 Å². The predicted molar refractivity (Wildman–Crippen MR) is 123 cm³/mol. The number of carbonyl (C=O) groups excluding carboxylic acids is 1. The molecule has 2 atom stereocenters. The van der Waals surface area contributed by atoms with Gasteiger partial charge in [-0.15, -0.1) is 5.10 Å². The molecule has 1 saturated heterocycles. The number of hydrogen-bond acceptors (Lipinski definition) is 5. The minimum atomic E-state index is -3.68. The molecule has 9 heteroatoms. The molecule has 0 radical (unpaired) electrons. The SMILES string of the molecule is Cc1ccc(-c2nc(NC(=O)c3cccc(S(=O)(=O)N4CC(C)CC(C)C4)c3)n[nH]2)cc1. The van der Waals surface area contributed by atoms with Gasteiger partial charge in [-0.2, -0.15) is 9.29 Å². The lowest BCUT2D eigenvalue weighted by Gasteiger charge is -2.34. The standard InChI is InChI=1S/C23H27N5O3S/c1-15-7-9-18(10-8-15)21-24-23(27-26-21)25-22(29)19-5-4-6-20(12-19)32(30,31)28-13-16(2)11-17(3)14-28/h4-10,12,16-17H,11,13-14H2,1-3H3,(H2,24,25,26,27,29). The van der Waals surface area contributed by atoms with Crippen LogP contribution in [0.15, 0.2) is 53.4 Å². The Morgan fingerprint density at radius 2 is 1.78 bits per heavy atom. The van der Waals surface area contributed by atoms with E-state index in [2.05, 4.69) is 34.3 Å². The normalized spacial score (nSPS) is 19.6. The molecule has 0 bridgehead atoms. The Kier molecular flexibility index (Phi) is 6.12. The molecule has 2 aromatic carbocycles. The molecule has 2 unspecified atom stereocenters. The number of rotatable bonds is 5. The van der Waals surface area contributed by atoms with Crippen molar-refractivity contribution in [3.05, 3.63) is 59.7 Å². The molecule has 1 amide bonds. The van der Waals surface area contributed by atoms with Crippen molar-refractivity contribution in [1.29, 1.82) is 0 Å². The second-order valence-electron chi connectivity index (χ2n) is 8.62. The highest BCUT2D eigenvalue weighted by atomic mass is 32.2. The number of nitrogens with zero attached hydrogens (tertiary/aromatic N) is 3. The Morgan fingerprint density at radius 3 is 2.47 bits per heavy atom. The molecule has 168 valence electrons. The fourth-order valence-electron chi connectivity index (χ4n) is 4.08. The third-order valence-corrected chi connectivity index (χ3v) is 7.43. The zero-order valence-corrected chi connectivity index (χ0v) is 19.2. The number of aryl methyl sites for hydroxylation is 1. The fraction of sp³-hybridized carbons (Fsp3) is 0.348. The van der Waals surface area contributed by atoms with E-state index in [0.29, 0.717) is 30.7 Å². The Labute approximate surface area is 188 Å². The summed E-state index contributed by atoms with van der Waals surface area (Å²) in [6, 6.07) is 13.8. The summed E-state index contributed by atoms with van der Waals surface area (Å²) in [6.07, 6.45) is 1.01. The van der Waals surface area contributed by atoms with Gasteiger partial charge in [0.15, 0.2) is 5.82 Å². The van der Waals surface area contributed by atoms with E-state index in [1.807, 2.05) is 31.2 Å². The van der Waals surface area contributed by atoms with E-state index in [0.717, 1.165) is 17.5 Å². The van der Waals surface area contributed by atoms with Crippen LogP contribution in [-0.4, -0.2) is 46.9 Å². The quantitative estimate of drug-likeness (QED) is 0.612. The molecule has 1 aliphatic heterocycles. The van der Waals surface area contributed by atoms with Crippen molar-refractivity contribution >= 4 is 21.9 Å². The van der Waals surface area contributed by atoms with Crippen LogP contribution in [0.2, 0.25) is 0 Å². The lowest BCUT2D eigenvalue weighted by atomic mass is 9.94. The first-order valence-electron chi connectivity index (χ1n) is 10.6. The zero-order chi connectivity index (χ0) is 22.9. The highest BCUT2D eigenvalue weighted by Crippen LogP contribution is 2.27. The summed E-state index contributed by atoms with van der Waals surface area (Å²) in [7, 11) is -3.68. The minimum Gasteiger partial charge on any atom is -0.289 e. The van der Waals surface area contributed by atoms with E-state index in [1.165, 1.54) is 16.4 Å². The van der Waals surface area contributed by atoms with Crippen LogP contribution >= 0.6 is 0 Å². The number of sulfonamides is 1. The van der Waals surface area contributed by atoms with E-state index in [9.17, 15) is 13.2 Å². The molecule has 0 spiro atoms. The summed E-state index contributed by atoms with van der Waals surface area (Å²) in [5, 5.41) is 9.49. The molecule has 0 saturated carbocycles. The summed E-state index contributed by atoms with van der Waals surface area (Å²) in [5.74, 6) is 0.779. The summed E-state index contributed by atoms with van der Waals surface area (Å²) in [6.45, 7) is 7.09. The zero-order valence-electron chi connectivity index (χ0n) is 18.4. The van der Waals surface area contributed by atoms with Crippen LogP contribution in [0, 0.1) is 18.8 Å². The minimum absolute atomic E-state index is 0.113. The molecule has 2 heterocycles. The molecular formula is C23H27N5O3S. The lowest BCUT2D eigenvalue weighted by molar-refractivity contribution is 0.102. The van der Waals surface area contributed by atoms with Gasteiger partial charge in [0.25, 0.3) is 5.91 Å². The van der Waals surface area contributed by atoms with Crippen LogP contribution in [0.5, 0.6) is 0 Å². The monoisotopic (exact) mass is 453 g/mol. The second kappa shape index (κ2) is 8.84. The molecular weight excluding hydrogens is 426 g/mol. The summed E-state index contributed by atoms with van der Waals surface area (Å²) in [4.78, 5) is 17.2. The molecule has 0 aliphatic carbocycles. The van der Waals surface area contributed by atoms with E-state index in [4.69, 9.17) is 0 Å². The second-order valence-corrected chi connectivity index (χ2v) is 10.6. The summed E-state index contributed by atoms with van der Waals surface area (Å²) >= 11 is 0. The van der Waals surface area contributed by atoms with E-state index in [-0.39, 0.29) is 16.4 Å². The number of amides is 1. The molecule has 3 aromatic rings. The van der Waals surface area contributed by atoms with Gasteiger partial charge >= 0.3 is 0 Å². The fourth-order valence-corrected chi connectivity index (χ4v) is 5.81. The van der Waals surface area contributed by atoms with Gasteiger partial charge < -0.3 is 0 Å². The number of aromatic amines is 1. The van der Waals surface area contributed by atoms with Crippen molar-refractivity contribution in [3.8, 4) is 11.4 Å². The smallest absolute Gasteiger partial charge is 0.258 e. The van der Waals surface area contributed by atoms with Gasteiger partial charge in [0.05, 0.1) is 4.90 Å². The van der Waals surface area contributed by atoms with Crippen molar-refractivity contribution in [2.45, 2.75) is 32.1 Å². The van der Waals surface area contributed by atoms with Gasteiger partial charge in [-0.25, -0.2) is 8.42 Å². The van der Waals surface area contributed by atoms with Gasteiger partial charge in [0.2, 0.25) is 16.0 Å². The van der Waals surface area contributed by atoms with Crippen molar-refractivity contribution in [3.63, 3.8) is 0 Å². The average molecular weight is 454 g/mol. The topological polar surface area (TPSA) is 108 Å². The number of piperidine rings is 1. The first-order valence-corrected chi connectivity index (χ1v) is 12.1. The summed E-state index contributed by atoms with van der Waals surface area (Å²) < 4.78 is 27.8. The molecule has 32 heavy (non-hydrogen) atoms. The first-order chi connectivity index (χ1) is 15.2. The molecule has 2 N–H and O–H groups in total. The molecule has 1 fully saturated rings. The molecule has 8 nitrogen and oxygen atoms in total. The predicted octanol–water partition coefficient (Wildman–Crippen LogP) is 3.70. The van der Waals surface area contributed by atoms with Crippen LogP contribution in [0.4, 0.5) is 5.95 Å². The van der Waals surface area contributed by atoms with Crippen LogP contribution in [0.3, 0.4) is 0 Å². The Hall–Kier alpha value is -3.04. The molecule has 1 aliphatic rings. The van der Waals surface area contributed by atoms with Crippen LogP contribution < -0.4 is 5.32 Å². The third-order valence-electron chi connectivity index (χ3n) is 5.61. The van der Waals surface area contributed by atoms with Gasteiger partial charge in [-0.1, -0.05) is 49.7 Å². The Bertz CT molecular complexity index is 1210. The number of hydrogen-bond donors (Lipinski definition) is 2. The average Bonchev–Trinajstić information content (AvgIpc) is 3.22. The van der Waals surface area contributed by atoms with E-state index in [1.54, 1.807) is 12.1 Å². The number of carbonyl (C=O) groups is 1. The van der Waals surface area contributed by atoms with Crippen LogP contribution in [0.25, 0.3) is 11.4 Å².